The monoisotopic (exact) mass is 377 g/mol. The number of nitrogens with zero attached hydrogens (tertiary/aromatic N) is 1. The zero-order chi connectivity index (χ0) is 19.2. The largest absolute Gasteiger partial charge is 0.462 e. The van der Waals surface area contributed by atoms with E-state index in [1.165, 1.54) is 57.2 Å². The van der Waals surface area contributed by atoms with Crippen LogP contribution in [0.1, 0.15) is 70.8 Å². The summed E-state index contributed by atoms with van der Waals surface area (Å²) >= 11 is 1.48. The van der Waals surface area contributed by atoms with E-state index in [4.69, 9.17) is 4.74 Å². The van der Waals surface area contributed by atoms with Crippen molar-refractivity contribution in [3.8, 4) is 0 Å². The Kier molecular flexibility index (Phi) is 11.7. The second-order valence-corrected chi connectivity index (χ2v) is 7.12. The second-order valence-electron chi connectivity index (χ2n) is 6.33. The van der Waals surface area contributed by atoms with Gasteiger partial charge >= 0.3 is 5.97 Å². The first-order chi connectivity index (χ1) is 12.6. The third-order valence-corrected chi connectivity index (χ3v) is 4.85. The summed E-state index contributed by atoms with van der Waals surface area (Å²) in [5.74, 6) is -0.835. The van der Waals surface area contributed by atoms with E-state index in [9.17, 15) is 9.59 Å². The molecule has 0 saturated heterocycles. The molecular formula is C21H31NO3S. The van der Waals surface area contributed by atoms with Crippen LogP contribution in [0.15, 0.2) is 28.9 Å². The average Bonchev–Trinajstić information content (AvgIpc) is 2.64. The molecule has 0 N–H and O–H groups in total. The number of thioether (sulfide) groups is 1. The van der Waals surface area contributed by atoms with Gasteiger partial charge in [0.05, 0.1) is 6.61 Å². The smallest absolute Gasteiger partial charge is 0.341 e. The molecule has 0 unspecified atom stereocenters. The van der Waals surface area contributed by atoms with E-state index >= 15 is 0 Å². The minimum Gasteiger partial charge on any atom is -0.462 e. The van der Waals surface area contributed by atoms with Gasteiger partial charge < -0.3 is 4.74 Å². The molecule has 144 valence electrons. The van der Waals surface area contributed by atoms with Crippen molar-refractivity contribution < 1.29 is 14.3 Å². The highest BCUT2D eigenvalue weighted by atomic mass is 32.2. The fourth-order valence-corrected chi connectivity index (χ4v) is 3.15. The van der Waals surface area contributed by atoms with Crippen molar-refractivity contribution in [1.29, 1.82) is 0 Å². The van der Waals surface area contributed by atoms with Crippen molar-refractivity contribution in [2.75, 3.05) is 12.9 Å². The van der Waals surface area contributed by atoms with Gasteiger partial charge in [-0.2, -0.15) is 0 Å². The first-order valence-corrected chi connectivity index (χ1v) is 10.7. The fraction of sp³-hybridized carbons (Fsp3) is 0.571. The van der Waals surface area contributed by atoms with Crippen molar-refractivity contribution in [3.63, 3.8) is 0 Å². The molecule has 0 saturated carbocycles. The van der Waals surface area contributed by atoms with Gasteiger partial charge in [-0.15, -0.1) is 11.8 Å². The summed E-state index contributed by atoms with van der Waals surface area (Å²) in [6.07, 6.45) is 14.7. The molecule has 26 heavy (non-hydrogen) atoms. The molecule has 0 aromatic carbocycles. The Labute approximate surface area is 161 Å². The van der Waals surface area contributed by atoms with Crippen LogP contribution in [-0.2, 0) is 14.3 Å². The maximum Gasteiger partial charge on any atom is 0.341 e. The number of unbranched alkanes of at least 4 members (excludes halogenated alkanes) is 7. The number of ketones is 1. The van der Waals surface area contributed by atoms with Gasteiger partial charge in [-0.3, -0.25) is 4.79 Å². The normalized spacial score (nSPS) is 11.4. The van der Waals surface area contributed by atoms with Crippen LogP contribution < -0.4 is 0 Å². The lowest BCUT2D eigenvalue weighted by Crippen LogP contribution is -2.14. The Morgan fingerprint density at radius 1 is 1.12 bits per heavy atom. The maximum atomic E-state index is 12.3. The van der Waals surface area contributed by atoms with Gasteiger partial charge in [0, 0.05) is 11.8 Å². The lowest BCUT2D eigenvalue weighted by atomic mass is 10.1. The van der Waals surface area contributed by atoms with Gasteiger partial charge in [0.25, 0.3) is 0 Å². The SMILES string of the molecule is CCCCCCCCCCOC(=O)/C(=C\c1cccnc1SC)C(C)=O. The summed E-state index contributed by atoms with van der Waals surface area (Å²) in [6, 6.07) is 3.63. The number of carbonyl (C=O) groups is 2. The van der Waals surface area contributed by atoms with Crippen molar-refractivity contribution in [1.82, 2.24) is 4.98 Å². The van der Waals surface area contributed by atoms with Crippen LogP contribution in [-0.4, -0.2) is 29.6 Å². The average molecular weight is 378 g/mol. The molecule has 0 amide bonds. The van der Waals surface area contributed by atoms with Crippen LogP contribution >= 0.6 is 11.8 Å². The van der Waals surface area contributed by atoms with Crippen molar-refractivity contribution in [2.24, 2.45) is 0 Å². The predicted molar refractivity (Wildman–Crippen MR) is 108 cm³/mol. The maximum absolute atomic E-state index is 12.3. The molecule has 5 heteroatoms. The molecule has 0 bridgehead atoms. The van der Waals surface area contributed by atoms with Gasteiger partial charge in [-0.05, 0) is 31.7 Å². The Bertz CT molecular complexity index is 599. The first kappa shape index (κ1) is 22.4. The van der Waals surface area contributed by atoms with Gasteiger partial charge in [0.1, 0.15) is 10.6 Å². The molecule has 0 aliphatic heterocycles. The van der Waals surface area contributed by atoms with Gasteiger partial charge in [0.15, 0.2) is 5.78 Å². The highest BCUT2D eigenvalue weighted by Gasteiger charge is 2.17. The lowest BCUT2D eigenvalue weighted by molar-refractivity contribution is -0.140. The van der Waals surface area contributed by atoms with E-state index in [1.54, 1.807) is 18.3 Å². The van der Waals surface area contributed by atoms with Crippen LogP contribution in [0.3, 0.4) is 0 Å². The molecule has 0 atom stereocenters. The summed E-state index contributed by atoms with van der Waals surface area (Å²) in [4.78, 5) is 28.4. The number of esters is 1. The number of rotatable bonds is 13. The molecule has 0 radical (unpaired) electrons. The van der Waals surface area contributed by atoms with Crippen LogP contribution in [0.5, 0.6) is 0 Å². The summed E-state index contributed by atoms with van der Waals surface area (Å²) in [6.45, 7) is 3.97. The number of Topliss-reactive ketones (excluding diaryl/α,β-unsaturated/α-hetero) is 1. The molecule has 1 rings (SSSR count). The van der Waals surface area contributed by atoms with E-state index in [0.29, 0.717) is 6.61 Å². The fourth-order valence-electron chi connectivity index (χ4n) is 2.62. The van der Waals surface area contributed by atoms with E-state index in [2.05, 4.69) is 11.9 Å². The van der Waals surface area contributed by atoms with Crippen molar-refractivity contribution in [3.05, 3.63) is 29.5 Å². The van der Waals surface area contributed by atoms with Gasteiger partial charge in [-0.1, -0.05) is 57.9 Å². The Morgan fingerprint density at radius 3 is 2.38 bits per heavy atom. The van der Waals surface area contributed by atoms with E-state index in [1.807, 2.05) is 12.3 Å². The first-order valence-electron chi connectivity index (χ1n) is 9.49. The third kappa shape index (κ3) is 8.65. The molecular weight excluding hydrogens is 346 g/mol. The third-order valence-electron chi connectivity index (χ3n) is 4.12. The van der Waals surface area contributed by atoms with Crippen LogP contribution in [0.2, 0.25) is 0 Å². The summed E-state index contributed by atoms with van der Waals surface area (Å²) in [7, 11) is 0. The predicted octanol–water partition coefficient (Wildman–Crippen LogP) is 5.46. The van der Waals surface area contributed by atoms with Crippen molar-refractivity contribution >= 4 is 29.6 Å². The standard InChI is InChI=1S/C21H31NO3S/c1-4-5-6-7-8-9-10-11-15-25-21(24)19(17(2)23)16-18-13-12-14-22-20(18)26-3/h12-14,16H,4-11,15H2,1-3H3/b19-16-. The molecule has 4 nitrogen and oxygen atoms in total. The van der Waals surface area contributed by atoms with E-state index in [0.717, 1.165) is 23.4 Å². The molecule has 1 aromatic rings. The number of pyridine rings is 1. The minimum atomic E-state index is -0.545. The number of ether oxygens (including phenoxy) is 1. The van der Waals surface area contributed by atoms with Crippen LogP contribution in [0.25, 0.3) is 6.08 Å². The Hall–Kier alpha value is -1.62. The Balaban J connectivity index is 2.44. The van der Waals surface area contributed by atoms with E-state index in [-0.39, 0.29) is 11.4 Å². The number of hydrogen-bond acceptors (Lipinski definition) is 5. The molecule has 0 aliphatic carbocycles. The lowest BCUT2D eigenvalue weighted by Gasteiger charge is -2.07. The zero-order valence-corrected chi connectivity index (χ0v) is 17.1. The zero-order valence-electron chi connectivity index (χ0n) is 16.3. The summed E-state index contributed by atoms with van der Waals surface area (Å²) in [5, 5.41) is 0.780. The van der Waals surface area contributed by atoms with Crippen LogP contribution in [0.4, 0.5) is 0 Å². The highest BCUT2D eigenvalue weighted by Crippen LogP contribution is 2.20. The molecule has 1 aromatic heterocycles. The Morgan fingerprint density at radius 2 is 1.77 bits per heavy atom. The summed E-state index contributed by atoms with van der Waals surface area (Å²) in [5.41, 5.74) is 0.835. The van der Waals surface area contributed by atoms with Crippen LogP contribution in [0, 0.1) is 0 Å². The van der Waals surface area contributed by atoms with E-state index < -0.39 is 5.97 Å². The number of aromatic nitrogens is 1. The van der Waals surface area contributed by atoms with Gasteiger partial charge in [-0.25, -0.2) is 9.78 Å². The molecule has 0 fully saturated rings. The van der Waals surface area contributed by atoms with Gasteiger partial charge in [0.2, 0.25) is 0 Å². The summed E-state index contributed by atoms with van der Waals surface area (Å²) < 4.78 is 5.30. The molecule has 0 spiro atoms. The highest BCUT2D eigenvalue weighted by molar-refractivity contribution is 7.98. The quantitative estimate of drug-likeness (QED) is 0.114. The van der Waals surface area contributed by atoms with Crippen molar-refractivity contribution in [2.45, 2.75) is 70.2 Å². The molecule has 1 heterocycles. The second kappa shape index (κ2) is 13.6. The number of carbonyl (C=O) groups excluding carboxylic acids is 2. The molecule has 0 aliphatic rings. The topological polar surface area (TPSA) is 56.3 Å². The minimum absolute atomic E-state index is 0.0767. The number of hydrogen-bond donors (Lipinski definition) is 0.